The summed E-state index contributed by atoms with van der Waals surface area (Å²) < 4.78 is 0. The average Bonchev–Trinajstić information content (AvgIpc) is 2.48. The van der Waals surface area contributed by atoms with Crippen LogP contribution in [0.25, 0.3) is 11.3 Å². The number of rotatable bonds is 6. The van der Waals surface area contributed by atoms with Crippen LogP contribution in [0, 0.1) is 0 Å². The predicted molar refractivity (Wildman–Crippen MR) is 77.7 cm³/mol. The molecular formula is C16H20N2O. The van der Waals surface area contributed by atoms with E-state index in [-0.39, 0.29) is 6.61 Å². The first-order valence-corrected chi connectivity index (χ1v) is 6.67. The van der Waals surface area contributed by atoms with Gasteiger partial charge in [-0.15, -0.1) is 0 Å². The molecule has 0 fully saturated rings. The molecule has 0 spiro atoms. The Morgan fingerprint density at radius 3 is 2.74 bits per heavy atom. The third-order valence-corrected chi connectivity index (χ3v) is 3.16. The van der Waals surface area contributed by atoms with Crippen LogP contribution >= 0.6 is 0 Å². The molecule has 2 rings (SSSR count). The molecule has 100 valence electrons. The van der Waals surface area contributed by atoms with Gasteiger partial charge in [-0.25, -0.2) is 0 Å². The standard InChI is InChI=1S/C16H20N2O/c1-2-18(10-11-19)13-14-6-5-7-15(12-14)16-8-3-4-9-17-16/h3-9,12,19H,2,10-11,13H2,1H3. The van der Waals surface area contributed by atoms with E-state index < -0.39 is 0 Å². The van der Waals surface area contributed by atoms with Crippen LogP contribution in [0.1, 0.15) is 12.5 Å². The Balaban J connectivity index is 2.15. The summed E-state index contributed by atoms with van der Waals surface area (Å²) in [5.74, 6) is 0. The third-order valence-electron chi connectivity index (χ3n) is 3.16. The highest BCUT2D eigenvalue weighted by Gasteiger charge is 2.04. The van der Waals surface area contributed by atoms with Gasteiger partial charge in [0.05, 0.1) is 12.3 Å². The second kappa shape index (κ2) is 7.02. The normalized spacial score (nSPS) is 10.9. The number of pyridine rings is 1. The quantitative estimate of drug-likeness (QED) is 0.863. The van der Waals surface area contributed by atoms with E-state index in [1.54, 1.807) is 0 Å². The first-order valence-electron chi connectivity index (χ1n) is 6.67. The maximum atomic E-state index is 9.03. The highest BCUT2D eigenvalue weighted by molar-refractivity contribution is 5.59. The monoisotopic (exact) mass is 256 g/mol. The fourth-order valence-corrected chi connectivity index (χ4v) is 2.11. The van der Waals surface area contributed by atoms with Crippen LogP contribution in [0.15, 0.2) is 48.7 Å². The summed E-state index contributed by atoms with van der Waals surface area (Å²) in [5, 5.41) is 9.03. The Kier molecular flexibility index (Phi) is 5.07. The molecule has 0 saturated carbocycles. The zero-order valence-electron chi connectivity index (χ0n) is 11.3. The number of likely N-dealkylation sites (N-methyl/N-ethyl adjacent to an activating group) is 1. The molecule has 0 aliphatic rings. The molecule has 0 radical (unpaired) electrons. The summed E-state index contributed by atoms with van der Waals surface area (Å²) in [4.78, 5) is 6.59. The highest BCUT2D eigenvalue weighted by atomic mass is 16.3. The van der Waals surface area contributed by atoms with Crippen LogP contribution in [0.4, 0.5) is 0 Å². The first-order chi connectivity index (χ1) is 9.33. The summed E-state index contributed by atoms with van der Waals surface area (Å²) in [7, 11) is 0. The molecule has 0 unspecified atom stereocenters. The van der Waals surface area contributed by atoms with Crippen molar-refractivity contribution in [2.75, 3.05) is 19.7 Å². The van der Waals surface area contributed by atoms with E-state index in [4.69, 9.17) is 5.11 Å². The van der Waals surface area contributed by atoms with Gasteiger partial charge in [-0.05, 0) is 30.3 Å². The minimum Gasteiger partial charge on any atom is -0.395 e. The van der Waals surface area contributed by atoms with Gasteiger partial charge >= 0.3 is 0 Å². The smallest absolute Gasteiger partial charge is 0.0702 e. The molecule has 1 aromatic heterocycles. The second-order valence-electron chi connectivity index (χ2n) is 4.51. The lowest BCUT2D eigenvalue weighted by molar-refractivity contribution is 0.197. The summed E-state index contributed by atoms with van der Waals surface area (Å²) in [6.07, 6.45) is 1.81. The van der Waals surface area contributed by atoms with E-state index in [1.807, 2.05) is 24.4 Å². The Bertz CT molecular complexity index is 499. The Morgan fingerprint density at radius 1 is 1.16 bits per heavy atom. The zero-order valence-corrected chi connectivity index (χ0v) is 11.3. The van der Waals surface area contributed by atoms with E-state index in [0.717, 1.165) is 24.3 Å². The molecule has 0 bridgehead atoms. The molecule has 0 aliphatic heterocycles. The van der Waals surface area contributed by atoms with Crippen molar-refractivity contribution in [3.63, 3.8) is 0 Å². The van der Waals surface area contributed by atoms with E-state index >= 15 is 0 Å². The summed E-state index contributed by atoms with van der Waals surface area (Å²) in [5.41, 5.74) is 3.38. The van der Waals surface area contributed by atoms with Crippen LogP contribution in [-0.2, 0) is 6.54 Å². The number of aliphatic hydroxyl groups is 1. The van der Waals surface area contributed by atoms with Gasteiger partial charge in [0.2, 0.25) is 0 Å². The highest BCUT2D eigenvalue weighted by Crippen LogP contribution is 2.18. The molecule has 0 aliphatic carbocycles. The summed E-state index contributed by atoms with van der Waals surface area (Å²) >= 11 is 0. The molecule has 2 aromatic rings. The number of aliphatic hydroxyl groups excluding tert-OH is 1. The molecule has 19 heavy (non-hydrogen) atoms. The van der Waals surface area contributed by atoms with Crippen molar-refractivity contribution in [2.45, 2.75) is 13.5 Å². The predicted octanol–water partition coefficient (Wildman–Crippen LogP) is 2.56. The van der Waals surface area contributed by atoms with Gasteiger partial charge in [-0.1, -0.05) is 31.2 Å². The number of hydrogen-bond acceptors (Lipinski definition) is 3. The van der Waals surface area contributed by atoms with Crippen molar-refractivity contribution >= 4 is 0 Å². The van der Waals surface area contributed by atoms with Gasteiger partial charge in [0.15, 0.2) is 0 Å². The summed E-state index contributed by atoms with van der Waals surface area (Å²) in [6, 6.07) is 14.4. The fraction of sp³-hybridized carbons (Fsp3) is 0.312. The average molecular weight is 256 g/mol. The van der Waals surface area contributed by atoms with Gasteiger partial charge in [0.25, 0.3) is 0 Å². The van der Waals surface area contributed by atoms with E-state index in [0.29, 0.717) is 6.54 Å². The molecule has 3 nitrogen and oxygen atoms in total. The van der Waals surface area contributed by atoms with Crippen LogP contribution in [0.5, 0.6) is 0 Å². The number of nitrogens with zero attached hydrogens (tertiary/aromatic N) is 2. The van der Waals surface area contributed by atoms with E-state index in [9.17, 15) is 0 Å². The van der Waals surface area contributed by atoms with Crippen molar-refractivity contribution < 1.29 is 5.11 Å². The first kappa shape index (κ1) is 13.7. The summed E-state index contributed by atoms with van der Waals surface area (Å²) in [6.45, 7) is 4.82. The SMILES string of the molecule is CCN(CCO)Cc1cccc(-c2ccccn2)c1. The fourth-order valence-electron chi connectivity index (χ4n) is 2.11. The number of benzene rings is 1. The topological polar surface area (TPSA) is 36.4 Å². The minimum atomic E-state index is 0.202. The van der Waals surface area contributed by atoms with Crippen molar-refractivity contribution in [2.24, 2.45) is 0 Å². The van der Waals surface area contributed by atoms with Gasteiger partial charge in [0, 0.05) is 24.8 Å². The van der Waals surface area contributed by atoms with E-state index in [2.05, 4.69) is 41.1 Å². The lowest BCUT2D eigenvalue weighted by Crippen LogP contribution is -2.26. The lowest BCUT2D eigenvalue weighted by Gasteiger charge is -2.19. The Hall–Kier alpha value is -1.71. The van der Waals surface area contributed by atoms with Crippen LogP contribution in [-0.4, -0.2) is 34.7 Å². The molecule has 0 atom stereocenters. The van der Waals surface area contributed by atoms with E-state index in [1.165, 1.54) is 5.56 Å². The van der Waals surface area contributed by atoms with Crippen molar-refractivity contribution in [3.05, 3.63) is 54.2 Å². The van der Waals surface area contributed by atoms with Crippen molar-refractivity contribution in [1.82, 2.24) is 9.88 Å². The number of hydrogen-bond donors (Lipinski definition) is 1. The second-order valence-corrected chi connectivity index (χ2v) is 4.51. The zero-order chi connectivity index (χ0) is 13.5. The molecule has 1 N–H and O–H groups in total. The minimum absolute atomic E-state index is 0.202. The van der Waals surface area contributed by atoms with Gasteiger partial charge in [0.1, 0.15) is 0 Å². The van der Waals surface area contributed by atoms with Crippen molar-refractivity contribution in [1.29, 1.82) is 0 Å². The lowest BCUT2D eigenvalue weighted by atomic mass is 10.1. The van der Waals surface area contributed by atoms with Crippen LogP contribution in [0.2, 0.25) is 0 Å². The van der Waals surface area contributed by atoms with Gasteiger partial charge in [-0.3, -0.25) is 9.88 Å². The van der Waals surface area contributed by atoms with Crippen LogP contribution < -0.4 is 0 Å². The molecule has 1 aromatic carbocycles. The molecule has 0 saturated heterocycles. The molecule has 0 amide bonds. The molecule has 1 heterocycles. The van der Waals surface area contributed by atoms with Crippen LogP contribution in [0.3, 0.4) is 0 Å². The Labute approximate surface area is 114 Å². The third kappa shape index (κ3) is 3.88. The number of aromatic nitrogens is 1. The maximum absolute atomic E-state index is 9.03. The molecule has 3 heteroatoms. The molecular weight excluding hydrogens is 236 g/mol. The van der Waals surface area contributed by atoms with Gasteiger partial charge < -0.3 is 5.11 Å². The Morgan fingerprint density at radius 2 is 2.05 bits per heavy atom. The maximum Gasteiger partial charge on any atom is 0.0702 e. The largest absolute Gasteiger partial charge is 0.395 e. The van der Waals surface area contributed by atoms with Crippen molar-refractivity contribution in [3.8, 4) is 11.3 Å². The van der Waals surface area contributed by atoms with Gasteiger partial charge in [-0.2, -0.15) is 0 Å².